The van der Waals surface area contributed by atoms with Crippen molar-refractivity contribution in [1.29, 1.82) is 0 Å². The van der Waals surface area contributed by atoms with E-state index in [0.29, 0.717) is 5.56 Å². The highest BCUT2D eigenvalue weighted by Crippen LogP contribution is 2.29. The molecule has 0 N–H and O–H groups in total. The van der Waals surface area contributed by atoms with E-state index in [1.165, 1.54) is 36.6 Å². The van der Waals surface area contributed by atoms with Gasteiger partial charge in [-0.1, -0.05) is 18.2 Å². The molecule has 0 fully saturated rings. The van der Waals surface area contributed by atoms with Crippen molar-refractivity contribution in [3.05, 3.63) is 65.6 Å². The number of alkyl halides is 3. The van der Waals surface area contributed by atoms with Crippen LogP contribution in [-0.4, -0.2) is 5.78 Å². The number of carbonyl (C=O) groups is 1. The number of allylic oxidation sites excluding steroid dienone is 1. The maximum Gasteiger partial charge on any atom is 0.416 e. The van der Waals surface area contributed by atoms with E-state index in [4.69, 9.17) is 4.42 Å². The molecule has 1 heterocycles. The summed E-state index contributed by atoms with van der Waals surface area (Å²) in [5, 5.41) is 0. The van der Waals surface area contributed by atoms with Crippen LogP contribution in [0.25, 0.3) is 6.08 Å². The lowest BCUT2D eigenvalue weighted by molar-refractivity contribution is -0.137. The van der Waals surface area contributed by atoms with E-state index in [9.17, 15) is 18.0 Å². The molecule has 5 heteroatoms. The van der Waals surface area contributed by atoms with E-state index in [-0.39, 0.29) is 11.5 Å². The maximum atomic E-state index is 12.3. The summed E-state index contributed by atoms with van der Waals surface area (Å²) in [6, 6.07) is 7.64. The predicted molar refractivity (Wildman–Crippen MR) is 63.5 cm³/mol. The Morgan fingerprint density at radius 1 is 1.11 bits per heavy atom. The maximum absolute atomic E-state index is 12.3. The van der Waals surface area contributed by atoms with Crippen LogP contribution in [0.3, 0.4) is 0 Å². The molecule has 0 aliphatic rings. The molecule has 2 rings (SSSR count). The zero-order valence-electron chi connectivity index (χ0n) is 9.65. The van der Waals surface area contributed by atoms with Gasteiger partial charge in [0.15, 0.2) is 5.76 Å². The van der Waals surface area contributed by atoms with Crippen molar-refractivity contribution in [2.75, 3.05) is 0 Å². The Morgan fingerprint density at radius 2 is 1.79 bits per heavy atom. The summed E-state index contributed by atoms with van der Waals surface area (Å²) in [6.07, 6.45) is -0.294. The third kappa shape index (κ3) is 3.34. The highest BCUT2D eigenvalue weighted by molar-refractivity contribution is 6.04. The third-order valence-corrected chi connectivity index (χ3v) is 2.43. The standard InChI is InChI=1S/C14H9F3O2/c15-14(16,17)11-6-3-10(4-7-11)5-8-12(18)13-2-1-9-19-13/h1-9H/b8-5+. The number of benzene rings is 1. The molecule has 0 saturated carbocycles. The van der Waals surface area contributed by atoms with Crippen LogP contribution in [0.5, 0.6) is 0 Å². The van der Waals surface area contributed by atoms with Crippen LogP contribution >= 0.6 is 0 Å². The minimum Gasteiger partial charge on any atom is -0.461 e. The second-order valence-electron chi connectivity index (χ2n) is 3.79. The van der Waals surface area contributed by atoms with Crippen LogP contribution in [0.1, 0.15) is 21.7 Å². The Hall–Kier alpha value is -2.30. The van der Waals surface area contributed by atoms with Crippen molar-refractivity contribution in [1.82, 2.24) is 0 Å². The fraction of sp³-hybridized carbons (Fsp3) is 0.0714. The number of halogens is 3. The quantitative estimate of drug-likeness (QED) is 0.615. The first-order chi connectivity index (χ1) is 8.97. The highest BCUT2D eigenvalue weighted by atomic mass is 19.4. The van der Waals surface area contributed by atoms with Gasteiger partial charge in [-0.25, -0.2) is 0 Å². The number of rotatable bonds is 3. The number of carbonyl (C=O) groups excluding carboxylic acids is 1. The van der Waals surface area contributed by atoms with Gasteiger partial charge in [0.1, 0.15) is 0 Å². The fourth-order valence-corrected chi connectivity index (χ4v) is 1.46. The molecule has 98 valence electrons. The Balaban J connectivity index is 2.10. The number of hydrogen-bond acceptors (Lipinski definition) is 2. The van der Waals surface area contributed by atoms with E-state index in [2.05, 4.69) is 0 Å². The van der Waals surface area contributed by atoms with Gasteiger partial charge in [-0.05, 0) is 35.9 Å². The first-order valence-corrected chi connectivity index (χ1v) is 5.40. The van der Waals surface area contributed by atoms with Crippen LogP contribution in [0.2, 0.25) is 0 Å². The lowest BCUT2D eigenvalue weighted by atomic mass is 10.1. The molecule has 0 atom stereocenters. The summed E-state index contributed by atoms with van der Waals surface area (Å²) < 4.78 is 41.9. The van der Waals surface area contributed by atoms with Crippen molar-refractivity contribution in [2.45, 2.75) is 6.18 Å². The van der Waals surface area contributed by atoms with Gasteiger partial charge in [0.05, 0.1) is 11.8 Å². The molecule has 19 heavy (non-hydrogen) atoms. The van der Waals surface area contributed by atoms with Gasteiger partial charge >= 0.3 is 6.18 Å². The zero-order chi connectivity index (χ0) is 13.9. The molecule has 0 spiro atoms. The second kappa shape index (κ2) is 5.14. The Labute approximate surface area is 107 Å². The lowest BCUT2D eigenvalue weighted by Crippen LogP contribution is -2.03. The molecule has 2 aromatic rings. The molecule has 0 bridgehead atoms. The summed E-state index contributed by atoms with van der Waals surface area (Å²) >= 11 is 0. The van der Waals surface area contributed by atoms with Crippen LogP contribution < -0.4 is 0 Å². The van der Waals surface area contributed by atoms with Gasteiger partial charge in [0.25, 0.3) is 0 Å². The summed E-state index contributed by atoms with van der Waals surface area (Å²) in [6.45, 7) is 0. The van der Waals surface area contributed by atoms with Gasteiger partial charge in [0.2, 0.25) is 5.78 Å². The van der Waals surface area contributed by atoms with Crippen LogP contribution in [0.4, 0.5) is 13.2 Å². The van der Waals surface area contributed by atoms with Crippen molar-refractivity contribution in [2.24, 2.45) is 0 Å². The minimum absolute atomic E-state index is 0.183. The van der Waals surface area contributed by atoms with E-state index in [0.717, 1.165) is 12.1 Å². The van der Waals surface area contributed by atoms with Crippen molar-refractivity contribution >= 4 is 11.9 Å². The smallest absolute Gasteiger partial charge is 0.416 e. The van der Waals surface area contributed by atoms with E-state index in [1.807, 2.05) is 0 Å². The fourth-order valence-electron chi connectivity index (χ4n) is 1.46. The first-order valence-electron chi connectivity index (χ1n) is 5.40. The number of hydrogen-bond donors (Lipinski definition) is 0. The van der Waals surface area contributed by atoms with Crippen LogP contribution in [0, 0.1) is 0 Å². The van der Waals surface area contributed by atoms with Crippen LogP contribution in [0.15, 0.2) is 53.2 Å². The number of ketones is 1. The molecule has 0 amide bonds. The monoisotopic (exact) mass is 266 g/mol. The lowest BCUT2D eigenvalue weighted by Gasteiger charge is -2.05. The second-order valence-corrected chi connectivity index (χ2v) is 3.79. The normalized spacial score (nSPS) is 11.9. The molecule has 0 saturated heterocycles. The first kappa shape index (κ1) is 13.1. The van der Waals surface area contributed by atoms with Crippen molar-refractivity contribution in [3.63, 3.8) is 0 Å². The van der Waals surface area contributed by atoms with Gasteiger partial charge in [-0.15, -0.1) is 0 Å². The van der Waals surface area contributed by atoms with E-state index in [1.54, 1.807) is 6.07 Å². The Morgan fingerprint density at radius 3 is 2.32 bits per heavy atom. The summed E-state index contributed by atoms with van der Waals surface area (Å²) in [7, 11) is 0. The molecule has 0 aliphatic heterocycles. The molecular formula is C14H9F3O2. The van der Waals surface area contributed by atoms with Gasteiger partial charge in [0, 0.05) is 0 Å². The van der Waals surface area contributed by atoms with E-state index < -0.39 is 11.7 Å². The molecule has 0 radical (unpaired) electrons. The van der Waals surface area contributed by atoms with Crippen LogP contribution in [-0.2, 0) is 6.18 Å². The summed E-state index contributed by atoms with van der Waals surface area (Å²) in [5.41, 5.74) is -0.213. The van der Waals surface area contributed by atoms with Crippen molar-refractivity contribution in [3.8, 4) is 0 Å². The molecule has 0 unspecified atom stereocenters. The van der Waals surface area contributed by atoms with Gasteiger partial charge in [-0.2, -0.15) is 13.2 Å². The Bertz CT molecular complexity index is 578. The van der Waals surface area contributed by atoms with Gasteiger partial charge < -0.3 is 4.42 Å². The molecular weight excluding hydrogens is 257 g/mol. The average molecular weight is 266 g/mol. The predicted octanol–water partition coefficient (Wildman–Crippen LogP) is 4.19. The topological polar surface area (TPSA) is 30.2 Å². The summed E-state index contributed by atoms with van der Waals surface area (Å²) in [4.78, 5) is 11.5. The molecule has 1 aromatic carbocycles. The zero-order valence-corrected chi connectivity index (χ0v) is 9.65. The minimum atomic E-state index is -4.35. The van der Waals surface area contributed by atoms with Crippen molar-refractivity contribution < 1.29 is 22.4 Å². The van der Waals surface area contributed by atoms with Gasteiger partial charge in [-0.3, -0.25) is 4.79 Å². The third-order valence-electron chi connectivity index (χ3n) is 2.43. The van der Waals surface area contributed by atoms with E-state index >= 15 is 0 Å². The molecule has 2 nitrogen and oxygen atoms in total. The average Bonchev–Trinajstić information content (AvgIpc) is 2.89. The molecule has 1 aromatic heterocycles. The number of furan rings is 1. The molecule has 0 aliphatic carbocycles. The highest BCUT2D eigenvalue weighted by Gasteiger charge is 2.29. The largest absolute Gasteiger partial charge is 0.461 e. The SMILES string of the molecule is O=C(/C=C/c1ccc(C(F)(F)F)cc1)c1ccco1. The Kier molecular flexibility index (Phi) is 3.55. The summed E-state index contributed by atoms with van der Waals surface area (Å²) in [5.74, 6) is -0.159.